The Labute approximate surface area is 93.4 Å². The second-order valence-corrected chi connectivity index (χ2v) is 5.00. The summed E-state index contributed by atoms with van der Waals surface area (Å²) in [6.07, 6.45) is 1.54. The van der Waals surface area contributed by atoms with Crippen LogP contribution in [0.1, 0.15) is 18.7 Å². The highest BCUT2D eigenvalue weighted by Gasteiger charge is 2.19. The molecule has 1 atom stereocenters. The van der Waals surface area contributed by atoms with E-state index in [1.54, 1.807) is 25.1 Å². The van der Waals surface area contributed by atoms with Gasteiger partial charge in [0.2, 0.25) is 10.0 Å². The fraction of sp³-hybridized carbons (Fsp3) is 0.333. The largest absolute Gasteiger partial charge is 0.480 e. The van der Waals surface area contributed by atoms with E-state index < -0.39 is 27.8 Å². The minimum atomic E-state index is -3.82. The van der Waals surface area contributed by atoms with Gasteiger partial charge in [0.1, 0.15) is 0 Å². The summed E-state index contributed by atoms with van der Waals surface area (Å²) in [6.45, 7) is 1.60. The van der Waals surface area contributed by atoms with Crippen LogP contribution in [0.25, 0.3) is 0 Å². The predicted molar refractivity (Wildman–Crippen MR) is 57.2 cm³/mol. The Hall–Kier alpha value is -1.47. The summed E-state index contributed by atoms with van der Waals surface area (Å²) in [6, 6.07) is 4.55. The van der Waals surface area contributed by atoms with Crippen molar-refractivity contribution in [2.75, 3.05) is 5.75 Å². The lowest BCUT2D eigenvalue weighted by Crippen LogP contribution is -2.32. The number of pyridine rings is 1. The Balaban J connectivity index is 2.72. The lowest BCUT2D eigenvalue weighted by atomic mass is 10.2. The highest BCUT2D eigenvalue weighted by Crippen LogP contribution is 2.09. The lowest BCUT2D eigenvalue weighted by molar-refractivity contribution is -0.134. The summed E-state index contributed by atoms with van der Waals surface area (Å²) < 4.78 is 24.8. The van der Waals surface area contributed by atoms with E-state index in [9.17, 15) is 13.2 Å². The van der Waals surface area contributed by atoms with Crippen LogP contribution in [-0.2, 0) is 14.8 Å². The number of carboxylic acid groups (broad SMARTS) is 1. The summed E-state index contributed by atoms with van der Waals surface area (Å²) in [4.78, 5) is 14.3. The van der Waals surface area contributed by atoms with Crippen LogP contribution in [0.2, 0.25) is 0 Å². The number of aromatic nitrogens is 1. The summed E-state index contributed by atoms with van der Waals surface area (Å²) in [5.74, 6) is -2.33. The molecule has 16 heavy (non-hydrogen) atoms. The number of carboxylic acids is 1. The molecule has 0 aromatic carbocycles. The van der Waals surface area contributed by atoms with E-state index in [-0.39, 0.29) is 0 Å². The first-order chi connectivity index (χ1) is 7.41. The minimum absolute atomic E-state index is 0.538. The van der Waals surface area contributed by atoms with Crippen molar-refractivity contribution in [3.8, 4) is 0 Å². The van der Waals surface area contributed by atoms with Crippen molar-refractivity contribution in [2.24, 2.45) is 0 Å². The minimum Gasteiger partial charge on any atom is -0.480 e. The molecule has 0 fully saturated rings. The normalized spacial score (nSPS) is 13.3. The molecule has 6 nitrogen and oxygen atoms in total. The third kappa shape index (κ3) is 3.95. The van der Waals surface area contributed by atoms with Gasteiger partial charge in [0.15, 0.2) is 5.75 Å². The maximum atomic E-state index is 11.3. The number of sulfonamides is 1. The van der Waals surface area contributed by atoms with E-state index >= 15 is 0 Å². The number of rotatable bonds is 5. The van der Waals surface area contributed by atoms with Gasteiger partial charge in [-0.1, -0.05) is 6.07 Å². The van der Waals surface area contributed by atoms with Crippen molar-refractivity contribution < 1.29 is 18.3 Å². The van der Waals surface area contributed by atoms with Crippen LogP contribution in [-0.4, -0.2) is 30.2 Å². The van der Waals surface area contributed by atoms with Gasteiger partial charge in [-0.15, -0.1) is 0 Å². The first kappa shape index (κ1) is 12.6. The van der Waals surface area contributed by atoms with Gasteiger partial charge in [0.25, 0.3) is 0 Å². The van der Waals surface area contributed by atoms with Gasteiger partial charge in [-0.2, -0.15) is 0 Å². The molecule has 2 N–H and O–H groups in total. The van der Waals surface area contributed by atoms with Crippen LogP contribution in [0.5, 0.6) is 0 Å². The van der Waals surface area contributed by atoms with E-state index in [0.29, 0.717) is 5.69 Å². The monoisotopic (exact) mass is 244 g/mol. The van der Waals surface area contributed by atoms with Gasteiger partial charge < -0.3 is 5.11 Å². The molecular weight excluding hydrogens is 232 g/mol. The Bertz CT molecular complexity index is 458. The first-order valence-electron chi connectivity index (χ1n) is 4.53. The van der Waals surface area contributed by atoms with Crippen LogP contribution in [0.15, 0.2) is 24.4 Å². The molecule has 1 rings (SSSR count). The van der Waals surface area contributed by atoms with Gasteiger partial charge in [0, 0.05) is 6.20 Å². The molecule has 0 aliphatic heterocycles. The molecule has 0 bridgehead atoms. The summed E-state index contributed by atoms with van der Waals surface area (Å²) in [5.41, 5.74) is 0.538. The molecule has 88 valence electrons. The second kappa shape index (κ2) is 5.04. The number of aliphatic carboxylic acids is 1. The molecule has 0 unspecified atom stereocenters. The van der Waals surface area contributed by atoms with Crippen LogP contribution in [0.4, 0.5) is 0 Å². The third-order valence-electron chi connectivity index (χ3n) is 1.80. The molecule has 0 amide bonds. The zero-order valence-corrected chi connectivity index (χ0v) is 9.44. The second-order valence-electron chi connectivity index (χ2n) is 3.25. The van der Waals surface area contributed by atoms with Gasteiger partial charge in [-0.3, -0.25) is 9.78 Å². The van der Waals surface area contributed by atoms with E-state index in [0.717, 1.165) is 0 Å². The van der Waals surface area contributed by atoms with Gasteiger partial charge >= 0.3 is 5.97 Å². The maximum absolute atomic E-state index is 11.3. The number of hydrogen-bond donors (Lipinski definition) is 2. The first-order valence-corrected chi connectivity index (χ1v) is 6.18. The standard InChI is InChI=1S/C9H12N2O4S/c1-7(8-4-2-3-5-10-8)11-16(14,15)6-9(12)13/h2-5,7,11H,6H2,1H3,(H,12,13)/t7-/m0/s1. The molecule has 0 radical (unpaired) electrons. The molecule has 1 aromatic heterocycles. The zero-order chi connectivity index (χ0) is 12.2. The number of hydrogen-bond acceptors (Lipinski definition) is 4. The van der Waals surface area contributed by atoms with Crippen molar-refractivity contribution in [1.29, 1.82) is 0 Å². The fourth-order valence-corrected chi connectivity index (χ4v) is 2.23. The van der Waals surface area contributed by atoms with Crippen LogP contribution in [0.3, 0.4) is 0 Å². The highest BCUT2D eigenvalue weighted by atomic mass is 32.2. The molecule has 0 saturated carbocycles. The van der Waals surface area contributed by atoms with E-state index in [1.165, 1.54) is 6.20 Å². The Morgan fingerprint density at radius 1 is 1.56 bits per heavy atom. The number of nitrogens with zero attached hydrogens (tertiary/aromatic N) is 1. The molecule has 0 aliphatic rings. The smallest absolute Gasteiger partial charge is 0.320 e. The zero-order valence-electron chi connectivity index (χ0n) is 8.62. The van der Waals surface area contributed by atoms with Crippen molar-refractivity contribution in [3.05, 3.63) is 30.1 Å². The fourth-order valence-electron chi connectivity index (χ4n) is 1.17. The molecule has 0 aliphatic carbocycles. The van der Waals surface area contributed by atoms with E-state index in [4.69, 9.17) is 5.11 Å². The van der Waals surface area contributed by atoms with Gasteiger partial charge in [0.05, 0.1) is 11.7 Å². The maximum Gasteiger partial charge on any atom is 0.320 e. The summed E-state index contributed by atoms with van der Waals surface area (Å²) in [5, 5.41) is 8.40. The van der Waals surface area contributed by atoms with Gasteiger partial charge in [-0.05, 0) is 19.1 Å². The Morgan fingerprint density at radius 3 is 2.75 bits per heavy atom. The van der Waals surface area contributed by atoms with Crippen molar-refractivity contribution in [3.63, 3.8) is 0 Å². The molecule has 1 heterocycles. The Kier molecular flexibility index (Phi) is 3.97. The number of carbonyl (C=O) groups is 1. The molecular formula is C9H12N2O4S. The SMILES string of the molecule is C[C@H](NS(=O)(=O)CC(=O)O)c1ccccn1. The molecule has 0 spiro atoms. The van der Waals surface area contributed by atoms with Crippen LogP contribution < -0.4 is 4.72 Å². The summed E-state index contributed by atoms with van der Waals surface area (Å²) >= 11 is 0. The predicted octanol–water partition coefficient (Wildman–Crippen LogP) is 0.147. The average molecular weight is 244 g/mol. The molecule has 7 heteroatoms. The van der Waals surface area contributed by atoms with E-state index in [2.05, 4.69) is 9.71 Å². The van der Waals surface area contributed by atoms with Crippen molar-refractivity contribution in [1.82, 2.24) is 9.71 Å². The lowest BCUT2D eigenvalue weighted by Gasteiger charge is -2.12. The molecule has 1 aromatic rings. The van der Waals surface area contributed by atoms with Crippen LogP contribution in [0, 0.1) is 0 Å². The third-order valence-corrected chi connectivity index (χ3v) is 3.14. The average Bonchev–Trinajstić information content (AvgIpc) is 2.16. The number of nitrogens with one attached hydrogen (secondary N) is 1. The Morgan fingerprint density at radius 2 is 2.25 bits per heavy atom. The van der Waals surface area contributed by atoms with Gasteiger partial charge in [-0.25, -0.2) is 13.1 Å². The van der Waals surface area contributed by atoms with Crippen molar-refractivity contribution >= 4 is 16.0 Å². The molecule has 0 saturated heterocycles. The van der Waals surface area contributed by atoms with Crippen LogP contribution >= 0.6 is 0 Å². The summed E-state index contributed by atoms with van der Waals surface area (Å²) in [7, 11) is -3.82. The quantitative estimate of drug-likeness (QED) is 0.768. The topological polar surface area (TPSA) is 96.4 Å². The van der Waals surface area contributed by atoms with E-state index in [1.807, 2.05) is 0 Å². The highest BCUT2D eigenvalue weighted by molar-refractivity contribution is 7.90. The van der Waals surface area contributed by atoms with Crippen molar-refractivity contribution in [2.45, 2.75) is 13.0 Å².